The first-order valence-corrected chi connectivity index (χ1v) is 5.60. The number of nitrogens with two attached hydrogens (primary N) is 1. The van der Waals surface area contributed by atoms with E-state index in [0.717, 1.165) is 5.56 Å². The summed E-state index contributed by atoms with van der Waals surface area (Å²) in [4.78, 5) is 11.1. The van der Waals surface area contributed by atoms with Crippen LogP contribution in [0.1, 0.15) is 15.9 Å². The molecule has 2 aromatic carbocycles. The molecule has 0 radical (unpaired) electrons. The van der Waals surface area contributed by atoms with Gasteiger partial charge in [-0.3, -0.25) is 0 Å². The number of carboxylic acids is 1. The van der Waals surface area contributed by atoms with Crippen LogP contribution in [0.4, 0.5) is 5.69 Å². The number of nitrogen functional groups attached to an aromatic ring is 1. The average molecular weight is 259 g/mol. The molecule has 98 valence electrons. The van der Waals surface area contributed by atoms with E-state index in [0.29, 0.717) is 0 Å². The van der Waals surface area contributed by atoms with Crippen LogP contribution >= 0.6 is 0 Å². The van der Waals surface area contributed by atoms with Crippen LogP contribution in [0.15, 0.2) is 42.5 Å². The highest BCUT2D eigenvalue weighted by Crippen LogP contribution is 2.27. The van der Waals surface area contributed by atoms with Crippen molar-refractivity contribution in [3.8, 4) is 11.5 Å². The monoisotopic (exact) mass is 259 g/mol. The lowest BCUT2D eigenvalue weighted by molar-refractivity contribution is 0.0692. The number of para-hydroxylation sites is 1. The van der Waals surface area contributed by atoms with Gasteiger partial charge < -0.3 is 20.7 Å². The molecule has 0 fully saturated rings. The zero-order valence-electron chi connectivity index (χ0n) is 10.0. The third-order valence-electron chi connectivity index (χ3n) is 2.57. The SMILES string of the molecule is Nc1cccc(C(=O)O)c1OCc1cccc(O)c1. The van der Waals surface area contributed by atoms with Gasteiger partial charge in [-0.2, -0.15) is 0 Å². The number of ether oxygens (including phenoxy) is 1. The molecule has 0 unspecified atom stereocenters. The molecule has 0 saturated carbocycles. The van der Waals surface area contributed by atoms with Gasteiger partial charge in [0.05, 0.1) is 5.69 Å². The van der Waals surface area contributed by atoms with Crippen LogP contribution in [0.2, 0.25) is 0 Å². The Hall–Kier alpha value is -2.69. The summed E-state index contributed by atoms with van der Waals surface area (Å²) >= 11 is 0. The van der Waals surface area contributed by atoms with Crippen LogP contribution in [-0.2, 0) is 6.61 Å². The highest BCUT2D eigenvalue weighted by Gasteiger charge is 2.14. The molecule has 4 N–H and O–H groups in total. The van der Waals surface area contributed by atoms with E-state index < -0.39 is 5.97 Å². The molecule has 5 heteroatoms. The maximum atomic E-state index is 11.1. The van der Waals surface area contributed by atoms with Crippen LogP contribution in [-0.4, -0.2) is 16.2 Å². The molecule has 0 aliphatic rings. The quantitative estimate of drug-likeness (QED) is 0.732. The number of hydrogen-bond donors (Lipinski definition) is 3. The Morgan fingerprint density at radius 2 is 1.95 bits per heavy atom. The Morgan fingerprint density at radius 3 is 2.63 bits per heavy atom. The van der Waals surface area contributed by atoms with Gasteiger partial charge in [-0.1, -0.05) is 18.2 Å². The molecule has 0 spiro atoms. The predicted octanol–water partition coefficient (Wildman–Crippen LogP) is 2.25. The van der Waals surface area contributed by atoms with Crippen LogP contribution in [0.3, 0.4) is 0 Å². The Labute approximate surface area is 109 Å². The van der Waals surface area contributed by atoms with E-state index >= 15 is 0 Å². The van der Waals surface area contributed by atoms with Crippen molar-refractivity contribution in [1.82, 2.24) is 0 Å². The minimum absolute atomic E-state index is 0.0140. The molecule has 0 aliphatic heterocycles. The zero-order chi connectivity index (χ0) is 13.8. The maximum absolute atomic E-state index is 11.1. The van der Waals surface area contributed by atoms with E-state index in [9.17, 15) is 9.90 Å². The summed E-state index contributed by atoms with van der Waals surface area (Å²) in [6.07, 6.45) is 0. The van der Waals surface area contributed by atoms with E-state index in [1.807, 2.05) is 0 Å². The van der Waals surface area contributed by atoms with Crippen LogP contribution in [0, 0.1) is 0 Å². The molecular formula is C14H13NO4. The summed E-state index contributed by atoms with van der Waals surface area (Å²) in [6, 6.07) is 11.1. The number of aromatic carboxylic acids is 1. The number of anilines is 1. The Kier molecular flexibility index (Phi) is 3.56. The molecule has 2 aromatic rings. The number of aromatic hydroxyl groups is 1. The standard InChI is InChI=1S/C14H13NO4/c15-12-6-2-5-11(14(17)18)13(12)19-8-9-3-1-4-10(16)7-9/h1-7,16H,8,15H2,(H,17,18). The summed E-state index contributed by atoms with van der Waals surface area (Å²) < 4.78 is 5.45. The van der Waals surface area contributed by atoms with Gasteiger partial charge in [-0.25, -0.2) is 4.79 Å². The predicted molar refractivity (Wildman–Crippen MR) is 70.3 cm³/mol. The van der Waals surface area contributed by atoms with Crippen molar-refractivity contribution in [2.75, 3.05) is 5.73 Å². The zero-order valence-corrected chi connectivity index (χ0v) is 10.0. The van der Waals surface area contributed by atoms with Gasteiger partial charge in [0.1, 0.15) is 17.9 Å². The second-order valence-corrected chi connectivity index (χ2v) is 3.99. The number of carbonyl (C=O) groups is 1. The lowest BCUT2D eigenvalue weighted by Gasteiger charge is -2.11. The number of phenols is 1. The van der Waals surface area contributed by atoms with Gasteiger partial charge in [0.25, 0.3) is 0 Å². The third kappa shape index (κ3) is 2.95. The van der Waals surface area contributed by atoms with Crippen LogP contribution in [0.25, 0.3) is 0 Å². The van der Waals surface area contributed by atoms with Crippen molar-refractivity contribution in [3.05, 3.63) is 53.6 Å². The van der Waals surface area contributed by atoms with Gasteiger partial charge in [0.2, 0.25) is 0 Å². The van der Waals surface area contributed by atoms with E-state index in [1.54, 1.807) is 36.4 Å². The molecular weight excluding hydrogens is 246 g/mol. The molecule has 5 nitrogen and oxygen atoms in total. The number of hydrogen-bond acceptors (Lipinski definition) is 4. The van der Waals surface area contributed by atoms with Gasteiger partial charge in [-0.05, 0) is 29.8 Å². The summed E-state index contributed by atoms with van der Waals surface area (Å²) in [5, 5.41) is 18.4. The van der Waals surface area contributed by atoms with Crippen molar-refractivity contribution in [3.63, 3.8) is 0 Å². The fraction of sp³-hybridized carbons (Fsp3) is 0.0714. The number of rotatable bonds is 4. The lowest BCUT2D eigenvalue weighted by atomic mass is 10.1. The van der Waals surface area contributed by atoms with Crippen molar-refractivity contribution in [2.45, 2.75) is 6.61 Å². The van der Waals surface area contributed by atoms with Crippen molar-refractivity contribution < 1.29 is 19.7 Å². The number of carboxylic acid groups (broad SMARTS) is 1. The first-order chi connectivity index (χ1) is 9.08. The topological polar surface area (TPSA) is 92.8 Å². The lowest BCUT2D eigenvalue weighted by Crippen LogP contribution is -2.06. The highest BCUT2D eigenvalue weighted by atomic mass is 16.5. The smallest absolute Gasteiger partial charge is 0.339 e. The Morgan fingerprint density at radius 1 is 1.21 bits per heavy atom. The Balaban J connectivity index is 2.22. The second-order valence-electron chi connectivity index (χ2n) is 3.99. The molecule has 19 heavy (non-hydrogen) atoms. The number of benzene rings is 2. The maximum Gasteiger partial charge on any atom is 0.339 e. The van der Waals surface area contributed by atoms with E-state index in [2.05, 4.69) is 0 Å². The molecule has 0 amide bonds. The van der Waals surface area contributed by atoms with E-state index in [1.165, 1.54) is 6.07 Å². The first kappa shape index (κ1) is 12.8. The van der Waals surface area contributed by atoms with Gasteiger partial charge >= 0.3 is 5.97 Å². The first-order valence-electron chi connectivity index (χ1n) is 5.60. The van der Waals surface area contributed by atoms with Crippen LogP contribution in [0.5, 0.6) is 11.5 Å². The molecule has 0 atom stereocenters. The molecule has 2 rings (SSSR count). The molecule has 0 aliphatic carbocycles. The average Bonchev–Trinajstić information content (AvgIpc) is 2.37. The fourth-order valence-corrected chi connectivity index (χ4v) is 1.69. The summed E-state index contributed by atoms with van der Waals surface area (Å²) in [5.74, 6) is -0.836. The van der Waals surface area contributed by atoms with Gasteiger partial charge in [0.15, 0.2) is 5.75 Å². The molecule has 0 saturated heterocycles. The van der Waals surface area contributed by atoms with Gasteiger partial charge in [-0.15, -0.1) is 0 Å². The highest BCUT2D eigenvalue weighted by molar-refractivity contribution is 5.93. The normalized spacial score (nSPS) is 10.1. The van der Waals surface area contributed by atoms with Crippen molar-refractivity contribution in [1.29, 1.82) is 0 Å². The van der Waals surface area contributed by atoms with Crippen molar-refractivity contribution >= 4 is 11.7 Å². The fourth-order valence-electron chi connectivity index (χ4n) is 1.69. The summed E-state index contributed by atoms with van der Waals surface area (Å²) in [5.41, 5.74) is 6.72. The third-order valence-corrected chi connectivity index (χ3v) is 2.57. The second kappa shape index (κ2) is 5.30. The largest absolute Gasteiger partial charge is 0.508 e. The Bertz CT molecular complexity index is 610. The molecule has 0 bridgehead atoms. The van der Waals surface area contributed by atoms with Crippen molar-refractivity contribution in [2.24, 2.45) is 0 Å². The minimum atomic E-state index is -1.10. The van der Waals surface area contributed by atoms with E-state index in [-0.39, 0.29) is 29.4 Å². The summed E-state index contributed by atoms with van der Waals surface area (Å²) in [7, 11) is 0. The van der Waals surface area contributed by atoms with Crippen LogP contribution < -0.4 is 10.5 Å². The van der Waals surface area contributed by atoms with E-state index in [4.69, 9.17) is 15.6 Å². The number of phenolic OH excluding ortho intramolecular Hbond substituents is 1. The summed E-state index contributed by atoms with van der Waals surface area (Å²) in [6.45, 7) is 0.128. The molecule has 0 aromatic heterocycles. The minimum Gasteiger partial charge on any atom is -0.508 e. The van der Waals surface area contributed by atoms with Gasteiger partial charge in [0, 0.05) is 0 Å². The molecule has 0 heterocycles.